The first-order valence-corrected chi connectivity index (χ1v) is 9.58. The zero-order valence-corrected chi connectivity index (χ0v) is 16.2. The number of nitrogens with zero attached hydrogens (tertiary/aromatic N) is 2. The van der Waals surface area contributed by atoms with E-state index in [1.807, 2.05) is 36.2 Å². The summed E-state index contributed by atoms with van der Waals surface area (Å²) in [6, 6.07) is 8.05. The van der Waals surface area contributed by atoms with Gasteiger partial charge in [0.25, 0.3) is 5.56 Å². The molecule has 2 aliphatic rings. The first kappa shape index (κ1) is 18.0. The van der Waals surface area contributed by atoms with E-state index in [2.05, 4.69) is 16.9 Å². The molecule has 2 heterocycles. The molecule has 6 heteroatoms. The van der Waals surface area contributed by atoms with E-state index in [0.29, 0.717) is 30.8 Å². The maximum absolute atomic E-state index is 12.5. The first-order chi connectivity index (χ1) is 12.9. The van der Waals surface area contributed by atoms with Crippen molar-refractivity contribution in [2.45, 2.75) is 31.8 Å². The van der Waals surface area contributed by atoms with Gasteiger partial charge in [-0.3, -0.25) is 14.5 Å². The van der Waals surface area contributed by atoms with E-state index in [0.717, 1.165) is 41.6 Å². The highest BCUT2D eigenvalue weighted by Gasteiger charge is 2.41. The fourth-order valence-corrected chi connectivity index (χ4v) is 4.72. The highest BCUT2D eigenvalue weighted by Crippen LogP contribution is 2.40. The van der Waals surface area contributed by atoms with Crippen LogP contribution in [0.25, 0.3) is 10.9 Å². The van der Waals surface area contributed by atoms with Gasteiger partial charge in [-0.15, -0.1) is 0 Å². The third kappa shape index (κ3) is 3.46. The molecule has 1 aromatic heterocycles. The van der Waals surface area contributed by atoms with Crippen molar-refractivity contribution >= 4 is 16.8 Å². The van der Waals surface area contributed by atoms with Gasteiger partial charge >= 0.3 is 0 Å². The lowest BCUT2D eigenvalue weighted by molar-refractivity contribution is -0.134. The lowest BCUT2D eigenvalue weighted by Crippen LogP contribution is -2.39. The number of benzene rings is 1. The fourth-order valence-electron chi connectivity index (χ4n) is 4.72. The highest BCUT2D eigenvalue weighted by molar-refractivity contribution is 5.80. The molecule has 1 N–H and O–H groups in total. The molecule has 1 aromatic carbocycles. The summed E-state index contributed by atoms with van der Waals surface area (Å²) in [5.74, 6) is 2.11. The molecule has 27 heavy (non-hydrogen) atoms. The van der Waals surface area contributed by atoms with E-state index in [-0.39, 0.29) is 11.5 Å². The minimum absolute atomic E-state index is 0.0372. The Balaban J connectivity index is 1.51. The number of H-pyrrole nitrogens is 1. The Kier molecular flexibility index (Phi) is 4.68. The van der Waals surface area contributed by atoms with E-state index in [1.165, 1.54) is 0 Å². The molecule has 0 bridgehead atoms. The quantitative estimate of drug-likeness (QED) is 0.898. The van der Waals surface area contributed by atoms with Gasteiger partial charge in [0.2, 0.25) is 5.91 Å². The van der Waals surface area contributed by atoms with Gasteiger partial charge in [0.1, 0.15) is 5.75 Å². The average Bonchev–Trinajstić information content (AvgIpc) is 3.05. The summed E-state index contributed by atoms with van der Waals surface area (Å²) in [6.07, 6.45) is 2.81. The predicted molar refractivity (Wildman–Crippen MR) is 105 cm³/mol. The average molecular weight is 369 g/mol. The second-order valence-corrected chi connectivity index (χ2v) is 8.12. The van der Waals surface area contributed by atoms with Crippen molar-refractivity contribution in [2.75, 3.05) is 27.7 Å². The number of likely N-dealkylation sites (tertiary alicyclic amines) is 1. The maximum atomic E-state index is 12.5. The Morgan fingerprint density at radius 1 is 1.22 bits per heavy atom. The molecule has 144 valence electrons. The molecule has 3 atom stereocenters. The van der Waals surface area contributed by atoms with Crippen LogP contribution in [0.4, 0.5) is 0 Å². The summed E-state index contributed by atoms with van der Waals surface area (Å²) < 4.78 is 5.29. The van der Waals surface area contributed by atoms with Crippen molar-refractivity contribution < 1.29 is 9.53 Å². The number of fused-ring (bicyclic) bond motifs is 2. The molecule has 0 radical (unpaired) electrons. The van der Waals surface area contributed by atoms with Gasteiger partial charge in [-0.2, -0.15) is 0 Å². The molecule has 1 saturated carbocycles. The van der Waals surface area contributed by atoms with Crippen LogP contribution in [0.1, 0.15) is 24.8 Å². The van der Waals surface area contributed by atoms with Crippen LogP contribution in [0.3, 0.4) is 0 Å². The number of methoxy groups -OCH3 is 1. The van der Waals surface area contributed by atoms with Crippen LogP contribution in [0, 0.1) is 11.8 Å². The van der Waals surface area contributed by atoms with E-state index < -0.39 is 0 Å². The monoisotopic (exact) mass is 369 g/mol. The molecule has 0 unspecified atom stereocenters. The van der Waals surface area contributed by atoms with Gasteiger partial charge in [0.15, 0.2) is 0 Å². The standard InChI is InChI=1S/C21H27N3O3/c1-23(17-7-13-10-20(25)24(2)11-15(13)8-17)12-16-6-14-9-18(27-3)4-5-19(14)22-21(16)26/h4-6,9,13,15,17H,7-8,10-12H2,1-3H3,(H,22,26)/t13-,15+,17-/m1/s1. The number of nitrogens with one attached hydrogen (secondary N) is 1. The molecule has 1 aliphatic heterocycles. The molecule has 6 nitrogen and oxygen atoms in total. The summed E-state index contributed by atoms with van der Waals surface area (Å²) in [4.78, 5) is 31.6. The Morgan fingerprint density at radius 2 is 2.00 bits per heavy atom. The number of amides is 1. The number of carbonyl (C=O) groups excluding carboxylic acids is 1. The first-order valence-electron chi connectivity index (χ1n) is 9.58. The van der Waals surface area contributed by atoms with Crippen LogP contribution in [-0.2, 0) is 11.3 Å². The number of aromatic nitrogens is 1. The molecule has 1 aliphatic carbocycles. The van der Waals surface area contributed by atoms with Crippen molar-refractivity contribution in [2.24, 2.45) is 11.8 Å². The van der Waals surface area contributed by atoms with Gasteiger partial charge < -0.3 is 14.6 Å². The number of hydrogen-bond acceptors (Lipinski definition) is 4. The third-order valence-corrected chi connectivity index (χ3v) is 6.36. The van der Waals surface area contributed by atoms with Crippen LogP contribution in [0.5, 0.6) is 5.75 Å². The summed E-state index contributed by atoms with van der Waals surface area (Å²) in [7, 11) is 5.63. The second-order valence-electron chi connectivity index (χ2n) is 8.12. The number of aromatic amines is 1. The Hall–Kier alpha value is -2.34. The molecule has 2 aromatic rings. The smallest absolute Gasteiger partial charge is 0.252 e. The van der Waals surface area contributed by atoms with Crippen LogP contribution in [-0.4, -0.2) is 54.5 Å². The van der Waals surface area contributed by atoms with Crippen molar-refractivity contribution in [3.05, 3.63) is 40.2 Å². The lowest BCUT2D eigenvalue weighted by atomic mass is 9.88. The van der Waals surface area contributed by atoms with Crippen molar-refractivity contribution in [3.63, 3.8) is 0 Å². The van der Waals surface area contributed by atoms with E-state index in [1.54, 1.807) is 7.11 Å². The molecule has 0 spiro atoms. The molecular formula is C21H27N3O3. The van der Waals surface area contributed by atoms with Gasteiger partial charge in [0.05, 0.1) is 7.11 Å². The number of piperidine rings is 1. The van der Waals surface area contributed by atoms with Gasteiger partial charge in [-0.25, -0.2) is 0 Å². The second kappa shape index (κ2) is 7.00. The fraction of sp³-hybridized carbons (Fsp3) is 0.524. The van der Waals surface area contributed by atoms with Gasteiger partial charge in [0, 0.05) is 49.1 Å². The summed E-state index contributed by atoms with van der Waals surface area (Å²) in [6.45, 7) is 1.47. The van der Waals surface area contributed by atoms with Crippen LogP contribution >= 0.6 is 0 Å². The number of rotatable bonds is 4. The van der Waals surface area contributed by atoms with E-state index >= 15 is 0 Å². The third-order valence-electron chi connectivity index (χ3n) is 6.36. The maximum Gasteiger partial charge on any atom is 0.252 e. The SMILES string of the molecule is COc1ccc2[nH]c(=O)c(CN(C)[C@@H]3C[C@@H]4CC(=O)N(C)C[C@@H]4C3)cc2c1. The van der Waals surface area contributed by atoms with Crippen LogP contribution in [0.15, 0.2) is 29.1 Å². The normalized spacial score (nSPS) is 25.3. The molecular weight excluding hydrogens is 342 g/mol. The lowest BCUT2D eigenvalue weighted by Gasteiger charge is -2.31. The minimum atomic E-state index is -0.0372. The Morgan fingerprint density at radius 3 is 2.78 bits per heavy atom. The largest absolute Gasteiger partial charge is 0.497 e. The molecule has 2 fully saturated rings. The van der Waals surface area contributed by atoms with Crippen LogP contribution < -0.4 is 10.3 Å². The zero-order chi connectivity index (χ0) is 19.1. The van der Waals surface area contributed by atoms with E-state index in [9.17, 15) is 9.59 Å². The predicted octanol–water partition coefficient (Wildman–Crippen LogP) is 2.23. The molecule has 4 rings (SSSR count). The topological polar surface area (TPSA) is 65.6 Å². The summed E-state index contributed by atoms with van der Waals surface area (Å²) >= 11 is 0. The molecule has 1 saturated heterocycles. The van der Waals surface area contributed by atoms with E-state index in [4.69, 9.17) is 4.74 Å². The van der Waals surface area contributed by atoms with Gasteiger partial charge in [-0.05, 0) is 56.0 Å². The summed E-state index contributed by atoms with van der Waals surface area (Å²) in [5.41, 5.74) is 1.55. The number of carbonyl (C=O) groups is 1. The van der Waals surface area contributed by atoms with Crippen LogP contribution in [0.2, 0.25) is 0 Å². The number of pyridine rings is 1. The van der Waals surface area contributed by atoms with Crippen molar-refractivity contribution in [3.8, 4) is 5.75 Å². The van der Waals surface area contributed by atoms with Gasteiger partial charge in [-0.1, -0.05) is 0 Å². The highest BCUT2D eigenvalue weighted by atomic mass is 16.5. The van der Waals surface area contributed by atoms with Crippen molar-refractivity contribution in [1.82, 2.24) is 14.8 Å². The summed E-state index contributed by atoms with van der Waals surface area (Å²) in [5, 5.41) is 0.977. The Bertz CT molecular complexity index is 923. The Labute approximate surface area is 159 Å². The minimum Gasteiger partial charge on any atom is -0.497 e. The van der Waals surface area contributed by atoms with Crippen molar-refractivity contribution in [1.29, 1.82) is 0 Å². The number of ether oxygens (including phenoxy) is 1. The zero-order valence-electron chi connectivity index (χ0n) is 16.2. The molecule has 1 amide bonds. The number of hydrogen-bond donors (Lipinski definition) is 1.